The van der Waals surface area contributed by atoms with Gasteiger partial charge in [0.1, 0.15) is 10.2 Å². The van der Waals surface area contributed by atoms with Gasteiger partial charge in [0.25, 0.3) is 0 Å². The van der Waals surface area contributed by atoms with Gasteiger partial charge >= 0.3 is 11.9 Å². The molecular weight excluding hydrogens is 612 g/mol. The van der Waals surface area contributed by atoms with E-state index >= 15 is 0 Å². The van der Waals surface area contributed by atoms with E-state index in [4.69, 9.17) is 34.2 Å². The largest absolute Gasteiger partial charge is 0.493 e. The Morgan fingerprint density at radius 1 is 0.870 bits per heavy atom. The van der Waals surface area contributed by atoms with E-state index in [9.17, 15) is 14.4 Å². The highest BCUT2D eigenvalue weighted by molar-refractivity contribution is 8.10. The third-order valence-electron chi connectivity index (χ3n) is 6.79. The number of nitrogens with two attached hydrogens (primary N) is 1. The van der Waals surface area contributed by atoms with Crippen molar-refractivity contribution in [1.29, 1.82) is 0 Å². The molecule has 0 fully saturated rings. The van der Waals surface area contributed by atoms with Crippen LogP contribution in [-0.2, 0) is 14.3 Å². The fraction of sp³-hybridized carbons (Fsp3) is 0.382. The van der Waals surface area contributed by atoms with Gasteiger partial charge in [0, 0.05) is 5.22 Å². The Morgan fingerprint density at radius 2 is 1.48 bits per heavy atom. The molecule has 46 heavy (non-hydrogen) atoms. The second-order valence-electron chi connectivity index (χ2n) is 10.8. The number of esters is 2. The molecule has 0 unspecified atom stereocenters. The number of aromatic nitrogens is 1. The molecule has 246 valence electrons. The van der Waals surface area contributed by atoms with Crippen LogP contribution in [0.3, 0.4) is 0 Å². The Morgan fingerprint density at radius 3 is 2.09 bits per heavy atom. The summed E-state index contributed by atoms with van der Waals surface area (Å²) in [6, 6.07) is 10.4. The van der Waals surface area contributed by atoms with Crippen molar-refractivity contribution in [2.75, 3.05) is 33.2 Å². The summed E-state index contributed by atoms with van der Waals surface area (Å²) in [6.07, 6.45) is 1.44. The number of rotatable bonds is 12. The number of hydrogen-bond donors (Lipinski definition) is 1. The smallest absolute Gasteiger partial charge is 0.357 e. The van der Waals surface area contributed by atoms with E-state index in [0.29, 0.717) is 34.1 Å². The number of fused-ring (bicyclic) bond motifs is 1. The van der Waals surface area contributed by atoms with Crippen LogP contribution in [0.1, 0.15) is 73.2 Å². The van der Waals surface area contributed by atoms with Crippen LogP contribution in [0.5, 0.6) is 23.0 Å². The standard InChI is InChI=1S/C34H40N2O9S/c1-9-42-33(38)29-27(35)22(15-20-11-13-23(40-7)26(16-20)45-19(5)6)28-31(34(39)43-10-2)46-30(32(37)36(28)29)21-12-14-24(44-18(3)4)25(17-21)41-8/h11-19,30H,9-10,35H2,1-8H3/b22-15+/t30-/m1/s1. The van der Waals surface area contributed by atoms with Gasteiger partial charge < -0.3 is 34.2 Å². The van der Waals surface area contributed by atoms with Gasteiger partial charge in [-0.05, 0) is 83.0 Å². The Labute approximate surface area is 272 Å². The normalized spacial score (nSPS) is 14.7. The number of thioether (sulfide) groups is 1. The maximum absolute atomic E-state index is 14.4. The minimum atomic E-state index is -0.964. The van der Waals surface area contributed by atoms with Crippen molar-refractivity contribution in [2.45, 2.75) is 59.0 Å². The highest BCUT2D eigenvalue weighted by Gasteiger charge is 2.38. The Bertz CT molecular complexity index is 1760. The first-order chi connectivity index (χ1) is 21.9. The van der Waals surface area contributed by atoms with Crippen molar-refractivity contribution in [3.05, 3.63) is 63.8 Å². The Hall–Kier alpha value is -4.58. The zero-order valence-electron chi connectivity index (χ0n) is 27.3. The summed E-state index contributed by atoms with van der Waals surface area (Å²) in [5.74, 6) is -0.0484. The average Bonchev–Trinajstić information content (AvgIpc) is 3.29. The zero-order chi connectivity index (χ0) is 33.7. The lowest BCUT2D eigenvalue weighted by Gasteiger charge is -2.24. The second kappa shape index (κ2) is 14.7. The van der Waals surface area contributed by atoms with Crippen LogP contribution in [-0.4, -0.2) is 62.1 Å². The van der Waals surface area contributed by atoms with Gasteiger partial charge in [-0.2, -0.15) is 0 Å². The first-order valence-electron chi connectivity index (χ1n) is 15.0. The van der Waals surface area contributed by atoms with E-state index in [2.05, 4.69) is 0 Å². The molecule has 4 rings (SSSR count). The number of carbonyl (C=O) groups excluding carboxylic acids is 3. The van der Waals surface area contributed by atoms with Crippen LogP contribution in [0.4, 0.5) is 5.69 Å². The second-order valence-corrected chi connectivity index (χ2v) is 11.9. The Kier molecular flexibility index (Phi) is 10.9. The highest BCUT2D eigenvalue weighted by Crippen LogP contribution is 2.42. The molecule has 0 saturated carbocycles. The summed E-state index contributed by atoms with van der Waals surface area (Å²) in [4.78, 5) is 41.5. The van der Waals surface area contributed by atoms with Gasteiger partial charge in [0.05, 0.1) is 50.7 Å². The lowest BCUT2D eigenvalue weighted by molar-refractivity contribution is -0.135. The first kappa shape index (κ1) is 34.3. The maximum Gasteiger partial charge on any atom is 0.357 e. The van der Waals surface area contributed by atoms with E-state index in [-0.39, 0.29) is 52.3 Å². The minimum absolute atomic E-state index is 0.0229. The van der Waals surface area contributed by atoms with Gasteiger partial charge in [-0.25, -0.2) is 9.59 Å². The Balaban J connectivity index is 2.04. The van der Waals surface area contributed by atoms with E-state index in [1.165, 1.54) is 11.7 Å². The lowest BCUT2D eigenvalue weighted by Crippen LogP contribution is -2.42. The quantitative estimate of drug-likeness (QED) is 0.278. The molecule has 0 saturated heterocycles. The summed E-state index contributed by atoms with van der Waals surface area (Å²) < 4.78 is 34.8. The lowest BCUT2D eigenvalue weighted by atomic mass is 10.1. The first-order valence-corrected chi connectivity index (χ1v) is 15.8. The van der Waals surface area contributed by atoms with E-state index in [0.717, 1.165) is 11.8 Å². The molecule has 11 nitrogen and oxygen atoms in total. The van der Waals surface area contributed by atoms with Crippen LogP contribution in [0.25, 0.3) is 11.0 Å². The summed E-state index contributed by atoms with van der Waals surface area (Å²) in [5, 5.41) is -0.544. The molecule has 2 N–H and O–H groups in total. The predicted molar refractivity (Wildman–Crippen MR) is 176 cm³/mol. The predicted octanol–water partition coefficient (Wildman–Crippen LogP) is 4.47. The molecule has 0 radical (unpaired) electrons. The molecule has 1 atom stereocenters. The number of carbonyl (C=O) groups is 3. The number of anilines is 1. The van der Waals surface area contributed by atoms with Crippen molar-refractivity contribution in [1.82, 2.24) is 4.57 Å². The van der Waals surface area contributed by atoms with Gasteiger partial charge in [0.2, 0.25) is 5.91 Å². The number of methoxy groups -OCH3 is 2. The number of benzene rings is 2. The molecule has 2 aromatic carbocycles. The fourth-order valence-electron chi connectivity index (χ4n) is 4.99. The maximum atomic E-state index is 14.4. The van der Waals surface area contributed by atoms with Crippen LogP contribution in [0.15, 0.2) is 36.4 Å². The third-order valence-corrected chi connectivity index (χ3v) is 8.09. The van der Waals surface area contributed by atoms with Crippen molar-refractivity contribution >= 4 is 46.3 Å². The number of nitrogens with zero attached hydrogens (tertiary/aromatic N) is 1. The van der Waals surface area contributed by atoms with Gasteiger partial charge in [-0.1, -0.05) is 23.9 Å². The van der Waals surface area contributed by atoms with E-state index < -0.39 is 23.1 Å². The molecule has 0 spiro atoms. The highest BCUT2D eigenvalue weighted by atomic mass is 32.2. The van der Waals surface area contributed by atoms with Gasteiger partial charge in [0.15, 0.2) is 28.7 Å². The summed E-state index contributed by atoms with van der Waals surface area (Å²) in [7, 11) is 3.04. The molecule has 12 heteroatoms. The van der Waals surface area contributed by atoms with Crippen LogP contribution in [0.2, 0.25) is 0 Å². The SMILES string of the molecule is CCOC(=O)C1=c2/c(=C/c3ccc(OC)c(OC(C)C)c3)c(N)c(C(=O)OCC)n2C(=O)[C@@H](c2ccc(OC(C)C)c(OC)c2)S1. The topological polar surface area (TPSA) is 138 Å². The zero-order valence-corrected chi connectivity index (χ0v) is 28.1. The number of hydrogen-bond acceptors (Lipinski definition) is 11. The van der Waals surface area contributed by atoms with Crippen molar-refractivity contribution in [2.24, 2.45) is 0 Å². The minimum Gasteiger partial charge on any atom is -0.493 e. The molecule has 3 aromatic rings. The summed E-state index contributed by atoms with van der Waals surface area (Å²) >= 11 is 1.01. The summed E-state index contributed by atoms with van der Waals surface area (Å²) in [6.45, 7) is 11.0. The molecule has 1 aliphatic heterocycles. The average molecular weight is 653 g/mol. The van der Waals surface area contributed by atoms with Crippen molar-refractivity contribution in [3.8, 4) is 23.0 Å². The van der Waals surface area contributed by atoms with Gasteiger partial charge in [-0.15, -0.1) is 0 Å². The van der Waals surface area contributed by atoms with Crippen LogP contribution < -0.4 is 35.2 Å². The summed E-state index contributed by atoms with van der Waals surface area (Å²) in [5.41, 5.74) is 7.60. The molecule has 0 amide bonds. The van der Waals surface area contributed by atoms with Crippen LogP contribution >= 0.6 is 11.8 Å². The van der Waals surface area contributed by atoms with Crippen LogP contribution in [0, 0.1) is 0 Å². The molecule has 0 aliphatic carbocycles. The van der Waals surface area contributed by atoms with E-state index in [1.807, 2.05) is 27.7 Å². The molecule has 1 aliphatic rings. The molecule has 0 bridgehead atoms. The van der Waals surface area contributed by atoms with Gasteiger partial charge in [-0.3, -0.25) is 9.36 Å². The fourth-order valence-corrected chi connectivity index (χ4v) is 6.18. The number of ether oxygens (including phenoxy) is 6. The molecule has 1 aromatic heterocycles. The van der Waals surface area contributed by atoms with Crippen molar-refractivity contribution in [3.63, 3.8) is 0 Å². The van der Waals surface area contributed by atoms with E-state index in [1.54, 1.807) is 63.4 Å². The molecule has 2 heterocycles. The molecular formula is C34H40N2O9S. The third kappa shape index (κ3) is 6.96. The van der Waals surface area contributed by atoms with Crippen molar-refractivity contribution < 1.29 is 42.8 Å². The number of nitrogen functional groups attached to an aromatic ring is 1. The monoisotopic (exact) mass is 652 g/mol.